The van der Waals surface area contributed by atoms with Gasteiger partial charge < -0.3 is 20.0 Å². The van der Waals surface area contributed by atoms with Crippen LogP contribution in [0.5, 0.6) is 0 Å². The van der Waals surface area contributed by atoms with Crippen LogP contribution in [0.2, 0.25) is 0 Å². The van der Waals surface area contributed by atoms with Gasteiger partial charge in [-0.15, -0.1) is 0 Å². The first kappa shape index (κ1) is 22.6. The highest BCUT2D eigenvalue weighted by atomic mass is 19.4. The van der Waals surface area contributed by atoms with Crippen molar-refractivity contribution in [3.63, 3.8) is 0 Å². The van der Waals surface area contributed by atoms with E-state index in [1.807, 2.05) is 0 Å². The van der Waals surface area contributed by atoms with Crippen molar-refractivity contribution in [1.29, 1.82) is 0 Å². The molecule has 1 N–H and O–H groups in total. The average molecular weight is 443 g/mol. The quantitative estimate of drug-likeness (QED) is 0.557. The third-order valence-corrected chi connectivity index (χ3v) is 5.48. The van der Waals surface area contributed by atoms with E-state index in [9.17, 15) is 32.9 Å². The van der Waals surface area contributed by atoms with Gasteiger partial charge in [0.25, 0.3) is 5.69 Å². The zero-order valence-corrected chi connectivity index (χ0v) is 16.9. The number of urea groups is 1. The van der Waals surface area contributed by atoms with Crippen LogP contribution in [0.1, 0.15) is 24.8 Å². The van der Waals surface area contributed by atoms with Gasteiger partial charge in [-0.25, -0.2) is 4.79 Å². The fraction of sp³-hybridized carbons (Fsp3) is 0.579. The number of carbonyl (C=O) groups is 2. The molecule has 0 spiro atoms. The smallest absolute Gasteiger partial charge is 0.362 e. The van der Waals surface area contributed by atoms with Crippen LogP contribution in [0.25, 0.3) is 0 Å². The number of nitro groups is 1. The molecule has 0 saturated carbocycles. The van der Waals surface area contributed by atoms with Crippen LogP contribution in [0.3, 0.4) is 0 Å². The number of likely N-dealkylation sites (tertiary alicyclic amines) is 1. The van der Waals surface area contributed by atoms with Gasteiger partial charge in [0.05, 0.1) is 10.5 Å². The number of anilines is 1. The Morgan fingerprint density at radius 1 is 1.03 bits per heavy atom. The summed E-state index contributed by atoms with van der Waals surface area (Å²) in [6.07, 6.45) is -2.45. The third-order valence-electron chi connectivity index (χ3n) is 5.48. The van der Waals surface area contributed by atoms with Crippen LogP contribution in [0.15, 0.2) is 18.2 Å². The Bertz CT molecular complexity index is 834. The van der Waals surface area contributed by atoms with Crippen LogP contribution in [-0.2, 0) is 11.0 Å². The summed E-state index contributed by atoms with van der Waals surface area (Å²) in [5.41, 5.74) is -1.60. The van der Waals surface area contributed by atoms with Crippen molar-refractivity contribution >= 4 is 23.3 Å². The molecule has 0 bridgehead atoms. The lowest BCUT2D eigenvalue weighted by Crippen LogP contribution is -2.52. The maximum atomic E-state index is 12.9. The van der Waals surface area contributed by atoms with Crippen LogP contribution in [0.4, 0.5) is 29.3 Å². The second-order valence-corrected chi connectivity index (χ2v) is 7.50. The fourth-order valence-corrected chi connectivity index (χ4v) is 3.78. The van der Waals surface area contributed by atoms with E-state index in [4.69, 9.17) is 0 Å². The van der Waals surface area contributed by atoms with E-state index in [2.05, 4.69) is 5.32 Å². The van der Waals surface area contributed by atoms with Crippen LogP contribution < -0.4 is 10.2 Å². The highest BCUT2D eigenvalue weighted by Gasteiger charge is 2.34. The number of rotatable bonds is 5. The van der Waals surface area contributed by atoms with Crippen molar-refractivity contribution in [2.24, 2.45) is 0 Å². The van der Waals surface area contributed by atoms with E-state index in [1.54, 1.807) is 9.80 Å². The Hall–Kier alpha value is -3.05. The Balaban J connectivity index is 1.52. The van der Waals surface area contributed by atoms with Crippen molar-refractivity contribution in [3.05, 3.63) is 33.9 Å². The van der Waals surface area contributed by atoms with Gasteiger partial charge in [-0.3, -0.25) is 14.9 Å². The number of halogens is 3. The van der Waals surface area contributed by atoms with Gasteiger partial charge in [0.15, 0.2) is 0 Å². The number of benzene rings is 1. The predicted molar refractivity (Wildman–Crippen MR) is 106 cm³/mol. The molecule has 2 heterocycles. The van der Waals surface area contributed by atoms with Crippen molar-refractivity contribution in [2.75, 3.05) is 50.7 Å². The molecular formula is C19H24F3N5O4. The molecule has 12 heteroatoms. The monoisotopic (exact) mass is 443 g/mol. The first-order valence-electron chi connectivity index (χ1n) is 10.1. The molecule has 0 unspecified atom stereocenters. The molecule has 2 aliphatic rings. The highest BCUT2D eigenvalue weighted by Crippen LogP contribution is 2.36. The molecule has 170 valence electrons. The van der Waals surface area contributed by atoms with E-state index in [1.165, 1.54) is 4.90 Å². The maximum absolute atomic E-state index is 12.9. The number of carbonyl (C=O) groups excluding carboxylic acids is 2. The largest absolute Gasteiger partial charge is 0.416 e. The topological polar surface area (TPSA) is 99.0 Å². The normalized spacial score (nSPS) is 17.1. The molecule has 1 aromatic rings. The summed E-state index contributed by atoms with van der Waals surface area (Å²) in [6.45, 7) is 2.72. The van der Waals surface area contributed by atoms with Crippen LogP contribution in [-0.4, -0.2) is 72.5 Å². The first-order chi connectivity index (χ1) is 14.7. The number of piperazine rings is 1. The number of nitro benzene ring substituents is 1. The van der Waals surface area contributed by atoms with Gasteiger partial charge in [0.2, 0.25) is 5.91 Å². The van der Waals surface area contributed by atoms with Gasteiger partial charge in [-0.1, -0.05) is 0 Å². The van der Waals surface area contributed by atoms with Gasteiger partial charge in [0, 0.05) is 58.3 Å². The van der Waals surface area contributed by atoms with Crippen LogP contribution >= 0.6 is 0 Å². The molecule has 0 radical (unpaired) electrons. The minimum absolute atomic E-state index is 0.0113. The second kappa shape index (κ2) is 9.40. The molecule has 2 aliphatic heterocycles. The lowest BCUT2D eigenvalue weighted by molar-refractivity contribution is -0.384. The molecule has 1 aromatic carbocycles. The summed E-state index contributed by atoms with van der Waals surface area (Å²) < 4.78 is 38.6. The zero-order valence-electron chi connectivity index (χ0n) is 16.9. The van der Waals surface area contributed by atoms with Crippen molar-refractivity contribution in [2.45, 2.75) is 25.4 Å². The van der Waals surface area contributed by atoms with Gasteiger partial charge >= 0.3 is 12.2 Å². The number of nitrogens with one attached hydrogen (secondary N) is 1. The van der Waals surface area contributed by atoms with Crippen LogP contribution in [0, 0.1) is 10.1 Å². The SMILES string of the molecule is O=C(CCNC(=O)N1CCN(c2ccc(C(F)(F)F)cc2[N+](=O)[O-])CC1)N1CCCC1. The lowest BCUT2D eigenvalue weighted by atomic mass is 10.1. The maximum Gasteiger partial charge on any atom is 0.416 e. The number of amides is 3. The minimum Gasteiger partial charge on any atom is -0.362 e. The Morgan fingerprint density at radius 2 is 1.68 bits per heavy atom. The standard InChI is InChI=1S/C19H24F3N5O4/c20-19(21,22)14-3-4-15(16(13-14)27(30)31)24-9-11-26(12-10-24)18(29)23-6-5-17(28)25-7-1-2-8-25/h3-4,13H,1-2,5-12H2,(H,23,29). The molecule has 0 aromatic heterocycles. The molecule has 9 nitrogen and oxygen atoms in total. The predicted octanol–water partition coefficient (Wildman–Crippen LogP) is 2.46. The van der Waals surface area contributed by atoms with Crippen molar-refractivity contribution in [1.82, 2.24) is 15.1 Å². The highest BCUT2D eigenvalue weighted by molar-refractivity contribution is 5.78. The summed E-state index contributed by atoms with van der Waals surface area (Å²) >= 11 is 0. The minimum atomic E-state index is -4.67. The number of alkyl halides is 3. The fourth-order valence-electron chi connectivity index (χ4n) is 3.78. The summed E-state index contributed by atoms with van der Waals surface area (Å²) in [7, 11) is 0. The van der Waals surface area contributed by atoms with E-state index >= 15 is 0 Å². The molecule has 3 rings (SSSR count). The van der Waals surface area contributed by atoms with E-state index in [0.29, 0.717) is 6.07 Å². The van der Waals surface area contributed by atoms with E-state index in [0.717, 1.165) is 38.1 Å². The van der Waals surface area contributed by atoms with Crippen molar-refractivity contribution in [3.8, 4) is 0 Å². The van der Waals surface area contributed by atoms with Gasteiger partial charge in [0.1, 0.15) is 5.69 Å². The molecule has 3 amide bonds. The summed E-state index contributed by atoms with van der Waals surface area (Å²) in [5, 5.41) is 14.0. The number of nitrogens with zero attached hydrogens (tertiary/aromatic N) is 4. The average Bonchev–Trinajstić information content (AvgIpc) is 3.27. The molecule has 0 atom stereocenters. The Morgan fingerprint density at radius 3 is 2.26 bits per heavy atom. The number of hydrogen-bond acceptors (Lipinski definition) is 5. The molecule has 31 heavy (non-hydrogen) atoms. The van der Waals surface area contributed by atoms with Crippen molar-refractivity contribution < 1.29 is 27.7 Å². The van der Waals surface area contributed by atoms with Gasteiger partial charge in [-0.05, 0) is 25.0 Å². The third kappa shape index (κ3) is 5.56. The van der Waals surface area contributed by atoms with Gasteiger partial charge in [-0.2, -0.15) is 13.2 Å². The summed E-state index contributed by atoms with van der Waals surface area (Å²) in [6, 6.07) is 2.11. The summed E-state index contributed by atoms with van der Waals surface area (Å²) in [4.78, 5) is 39.7. The molecular weight excluding hydrogens is 419 g/mol. The zero-order chi connectivity index (χ0) is 22.6. The molecule has 2 saturated heterocycles. The first-order valence-corrected chi connectivity index (χ1v) is 10.1. The summed E-state index contributed by atoms with van der Waals surface area (Å²) in [5.74, 6) is 0.0113. The van der Waals surface area contributed by atoms with E-state index < -0.39 is 22.4 Å². The number of hydrogen-bond donors (Lipinski definition) is 1. The lowest BCUT2D eigenvalue weighted by Gasteiger charge is -2.35. The Labute approximate surface area is 176 Å². The molecule has 2 fully saturated rings. The Kier molecular flexibility index (Phi) is 6.86. The molecule has 0 aliphatic carbocycles. The second-order valence-electron chi connectivity index (χ2n) is 7.50. The van der Waals surface area contributed by atoms with E-state index in [-0.39, 0.29) is 56.8 Å².